The molecule has 2 aromatic heterocycles. The van der Waals surface area contributed by atoms with Gasteiger partial charge in [0.05, 0.1) is 5.69 Å². The van der Waals surface area contributed by atoms with E-state index in [-0.39, 0.29) is 0 Å². The zero-order valence-corrected chi connectivity index (χ0v) is 12.6. The van der Waals surface area contributed by atoms with Crippen molar-refractivity contribution < 1.29 is 4.42 Å². The van der Waals surface area contributed by atoms with Crippen LogP contribution in [0.15, 0.2) is 59.5 Å². The normalized spacial score (nSPS) is 10.8. The fraction of sp³-hybridized carbons (Fsp3) is 0.222. The van der Waals surface area contributed by atoms with Crippen molar-refractivity contribution in [2.75, 3.05) is 6.54 Å². The standard InChI is InChI=1S/C18H19N3O/c1-14-2-4-16(5-3-14)18-21-17(13-22-18)8-11-20-12-15-6-9-19-10-7-15/h2-7,9-10,13,20H,8,11-12H2,1H3. The largest absolute Gasteiger partial charge is 0.444 e. The molecular weight excluding hydrogens is 274 g/mol. The van der Waals surface area contributed by atoms with Crippen molar-refractivity contribution in [3.63, 3.8) is 0 Å². The summed E-state index contributed by atoms with van der Waals surface area (Å²) < 4.78 is 5.56. The van der Waals surface area contributed by atoms with E-state index in [2.05, 4.69) is 34.3 Å². The lowest BCUT2D eigenvalue weighted by molar-refractivity contribution is 0.571. The van der Waals surface area contributed by atoms with Crippen LogP contribution in [-0.2, 0) is 13.0 Å². The molecule has 112 valence electrons. The van der Waals surface area contributed by atoms with E-state index in [1.165, 1.54) is 11.1 Å². The Labute approximate surface area is 130 Å². The monoisotopic (exact) mass is 293 g/mol. The lowest BCUT2D eigenvalue weighted by atomic mass is 10.1. The van der Waals surface area contributed by atoms with E-state index in [0.717, 1.165) is 30.8 Å². The second-order valence-electron chi connectivity index (χ2n) is 5.29. The van der Waals surface area contributed by atoms with E-state index in [4.69, 9.17) is 4.42 Å². The Morgan fingerprint density at radius 2 is 1.82 bits per heavy atom. The van der Waals surface area contributed by atoms with E-state index >= 15 is 0 Å². The van der Waals surface area contributed by atoms with Crippen molar-refractivity contribution >= 4 is 0 Å². The Morgan fingerprint density at radius 1 is 1.05 bits per heavy atom. The average molecular weight is 293 g/mol. The fourth-order valence-electron chi connectivity index (χ4n) is 2.20. The molecule has 0 atom stereocenters. The lowest BCUT2D eigenvalue weighted by Crippen LogP contribution is -2.16. The molecule has 0 saturated heterocycles. The van der Waals surface area contributed by atoms with Crippen molar-refractivity contribution in [1.82, 2.24) is 15.3 Å². The molecule has 0 spiro atoms. The highest BCUT2D eigenvalue weighted by atomic mass is 16.3. The summed E-state index contributed by atoms with van der Waals surface area (Å²) >= 11 is 0. The minimum atomic E-state index is 0.684. The van der Waals surface area contributed by atoms with Gasteiger partial charge in [-0.15, -0.1) is 0 Å². The van der Waals surface area contributed by atoms with Gasteiger partial charge in [-0.05, 0) is 36.8 Å². The quantitative estimate of drug-likeness (QED) is 0.708. The van der Waals surface area contributed by atoms with Crippen LogP contribution in [0.3, 0.4) is 0 Å². The maximum absolute atomic E-state index is 5.56. The highest BCUT2D eigenvalue weighted by Crippen LogP contribution is 2.19. The number of aryl methyl sites for hydroxylation is 1. The highest BCUT2D eigenvalue weighted by Gasteiger charge is 2.06. The molecule has 0 fully saturated rings. The number of benzene rings is 1. The second kappa shape index (κ2) is 7.00. The predicted octanol–water partition coefficient (Wildman–Crippen LogP) is 3.38. The topological polar surface area (TPSA) is 51.0 Å². The first-order valence-electron chi connectivity index (χ1n) is 7.42. The van der Waals surface area contributed by atoms with Crippen LogP contribution in [0.25, 0.3) is 11.5 Å². The molecule has 1 N–H and O–H groups in total. The molecule has 4 nitrogen and oxygen atoms in total. The second-order valence-corrected chi connectivity index (χ2v) is 5.29. The van der Waals surface area contributed by atoms with Gasteiger partial charge in [-0.1, -0.05) is 17.7 Å². The number of nitrogens with zero attached hydrogens (tertiary/aromatic N) is 2. The molecule has 0 unspecified atom stereocenters. The molecule has 2 heterocycles. The smallest absolute Gasteiger partial charge is 0.226 e. The molecule has 0 aliphatic rings. The van der Waals surface area contributed by atoms with Crippen molar-refractivity contribution in [3.05, 3.63) is 71.9 Å². The highest BCUT2D eigenvalue weighted by molar-refractivity contribution is 5.53. The molecule has 0 aliphatic heterocycles. The lowest BCUT2D eigenvalue weighted by Gasteiger charge is -2.02. The first-order valence-corrected chi connectivity index (χ1v) is 7.42. The Balaban J connectivity index is 1.50. The van der Waals surface area contributed by atoms with E-state index in [0.29, 0.717) is 5.89 Å². The molecule has 4 heteroatoms. The van der Waals surface area contributed by atoms with Crippen LogP contribution >= 0.6 is 0 Å². The summed E-state index contributed by atoms with van der Waals surface area (Å²) in [7, 11) is 0. The molecule has 0 radical (unpaired) electrons. The number of aromatic nitrogens is 2. The number of rotatable bonds is 6. The molecule has 3 rings (SSSR count). The van der Waals surface area contributed by atoms with Crippen molar-refractivity contribution in [3.8, 4) is 11.5 Å². The van der Waals surface area contributed by atoms with Gasteiger partial charge >= 0.3 is 0 Å². The number of hydrogen-bond donors (Lipinski definition) is 1. The van der Waals surface area contributed by atoms with Crippen LogP contribution in [-0.4, -0.2) is 16.5 Å². The van der Waals surface area contributed by atoms with E-state index in [9.17, 15) is 0 Å². The van der Waals surface area contributed by atoms with Gasteiger partial charge in [0.25, 0.3) is 0 Å². The van der Waals surface area contributed by atoms with Crippen LogP contribution in [0.2, 0.25) is 0 Å². The third kappa shape index (κ3) is 3.80. The third-order valence-corrected chi connectivity index (χ3v) is 3.49. The van der Waals surface area contributed by atoms with E-state index in [1.807, 2.05) is 36.7 Å². The maximum Gasteiger partial charge on any atom is 0.226 e. The summed E-state index contributed by atoms with van der Waals surface area (Å²) in [6.07, 6.45) is 6.20. The predicted molar refractivity (Wildman–Crippen MR) is 86.3 cm³/mol. The Hall–Kier alpha value is -2.46. The van der Waals surface area contributed by atoms with Gasteiger partial charge in [-0.2, -0.15) is 0 Å². The summed E-state index contributed by atoms with van der Waals surface area (Å²) in [5, 5.41) is 3.40. The van der Waals surface area contributed by atoms with Gasteiger partial charge in [0.2, 0.25) is 5.89 Å². The summed E-state index contributed by atoms with van der Waals surface area (Å²) in [6.45, 7) is 3.77. The molecular formula is C18H19N3O. The molecule has 0 amide bonds. The van der Waals surface area contributed by atoms with Gasteiger partial charge in [0.15, 0.2) is 0 Å². The number of pyridine rings is 1. The molecule has 0 aliphatic carbocycles. The minimum Gasteiger partial charge on any atom is -0.444 e. The first kappa shape index (κ1) is 14.5. The number of oxazole rings is 1. The Kier molecular flexibility index (Phi) is 4.61. The summed E-state index contributed by atoms with van der Waals surface area (Å²) in [4.78, 5) is 8.55. The summed E-state index contributed by atoms with van der Waals surface area (Å²) in [5.74, 6) is 0.684. The Morgan fingerprint density at radius 3 is 2.59 bits per heavy atom. The van der Waals surface area contributed by atoms with E-state index in [1.54, 1.807) is 6.26 Å². The van der Waals surface area contributed by atoms with Crippen molar-refractivity contribution in [2.24, 2.45) is 0 Å². The van der Waals surface area contributed by atoms with Crippen LogP contribution in [0, 0.1) is 6.92 Å². The van der Waals surface area contributed by atoms with Crippen LogP contribution in [0.5, 0.6) is 0 Å². The van der Waals surface area contributed by atoms with Crippen molar-refractivity contribution in [2.45, 2.75) is 19.9 Å². The average Bonchev–Trinajstić information content (AvgIpc) is 3.02. The first-order chi connectivity index (χ1) is 10.8. The van der Waals surface area contributed by atoms with Gasteiger partial charge in [0.1, 0.15) is 6.26 Å². The zero-order valence-electron chi connectivity index (χ0n) is 12.6. The number of nitrogens with one attached hydrogen (secondary N) is 1. The Bertz CT molecular complexity index is 705. The van der Waals surface area contributed by atoms with Gasteiger partial charge in [-0.25, -0.2) is 4.98 Å². The molecule has 1 aromatic carbocycles. The summed E-state index contributed by atoms with van der Waals surface area (Å²) in [5.41, 5.74) is 4.45. The van der Waals surface area contributed by atoms with Gasteiger partial charge < -0.3 is 9.73 Å². The molecule has 0 saturated carbocycles. The molecule has 3 aromatic rings. The van der Waals surface area contributed by atoms with Gasteiger partial charge in [-0.3, -0.25) is 4.98 Å². The van der Waals surface area contributed by atoms with Crippen molar-refractivity contribution in [1.29, 1.82) is 0 Å². The SMILES string of the molecule is Cc1ccc(-c2nc(CCNCc3ccncc3)co2)cc1. The van der Waals surface area contributed by atoms with Crippen LogP contribution < -0.4 is 5.32 Å². The fourth-order valence-corrected chi connectivity index (χ4v) is 2.20. The summed E-state index contributed by atoms with van der Waals surface area (Å²) in [6, 6.07) is 12.2. The molecule has 0 bridgehead atoms. The molecule has 22 heavy (non-hydrogen) atoms. The minimum absolute atomic E-state index is 0.684. The van der Waals surface area contributed by atoms with Crippen LogP contribution in [0.1, 0.15) is 16.8 Å². The maximum atomic E-state index is 5.56. The van der Waals surface area contributed by atoms with E-state index < -0.39 is 0 Å². The number of hydrogen-bond acceptors (Lipinski definition) is 4. The van der Waals surface area contributed by atoms with Gasteiger partial charge in [0, 0.05) is 37.5 Å². The van der Waals surface area contributed by atoms with Crippen LogP contribution in [0.4, 0.5) is 0 Å². The zero-order chi connectivity index (χ0) is 15.2. The third-order valence-electron chi connectivity index (χ3n) is 3.49.